The summed E-state index contributed by atoms with van der Waals surface area (Å²) in [7, 11) is 1.04. The Morgan fingerprint density at radius 1 is 1.28 bits per heavy atom. The second-order valence-corrected chi connectivity index (χ2v) is 8.91. The largest absolute Gasteiger partial charge is 0.421 e. The summed E-state index contributed by atoms with van der Waals surface area (Å²) in [4.78, 5) is 12.7. The summed E-state index contributed by atoms with van der Waals surface area (Å²) >= 11 is 0. The van der Waals surface area contributed by atoms with Gasteiger partial charge in [0, 0.05) is 31.4 Å². The molecule has 2 aliphatic heterocycles. The summed E-state index contributed by atoms with van der Waals surface area (Å²) in [5.41, 5.74) is 1.59. The number of nitrogens with zero attached hydrogens (tertiary/aromatic N) is 2. The van der Waals surface area contributed by atoms with Crippen LogP contribution in [0.3, 0.4) is 0 Å². The van der Waals surface area contributed by atoms with Gasteiger partial charge in [-0.05, 0) is 49.8 Å². The van der Waals surface area contributed by atoms with E-state index in [1.165, 1.54) is 12.1 Å². The number of carbonyl (C=O) groups is 1. The standard InChI is InChI=1S/C22H28F3N5O2/c1-21(32-2,22(23,24)25)14-5-7-15(8-6-14)28-19-18-17(10-12-27-20(18)31)30(29-19)16(9-11-26)13-3-4-13/h5-8,13,16-19,28-29H,3-4,9-10,12H2,1-2H3,(H,27,31)/t16-,17?,18?,19?,21?/m0/s1. The molecule has 1 saturated carbocycles. The van der Waals surface area contributed by atoms with Crippen LogP contribution in [0.4, 0.5) is 18.9 Å². The summed E-state index contributed by atoms with van der Waals surface area (Å²) in [6.45, 7) is 1.58. The summed E-state index contributed by atoms with van der Waals surface area (Å²) < 4.78 is 45.2. The molecule has 2 heterocycles. The summed E-state index contributed by atoms with van der Waals surface area (Å²) in [5, 5.41) is 17.6. The van der Waals surface area contributed by atoms with E-state index in [9.17, 15) is 23.2 Å². The average Bonchev–Trinajstić information content (AvgIpc) is 3.53. The Labute approximate surface area is 185 Å². The van der Waals surface area contributed by atoms with Crippen molar-refractivity contribution in [2.75, 3.05) is 19.0 Å². The Hall–Kier alpha value is -2.35. The monoisotopic (exact) mass is 451 g/mol. The quantitative estimate of drug-likeness (QED) is 0.591. The molecule has 0 radical (unpaired) electrons. The predicted octanol–water partition coefficient (Wildman–Crippen LogP) is 2.87. The van der Waals surface area contributed by atoms with E-state index in [0.29, 0.717) is 24.6 Å². The minimum absolute atomic E-state index is 0.00448. The summed E-state index contributed by atoms with van der Waals surface area (Å²) in [6, 6.07) is 8.16. The molecule has 2 saturated heterocycles. The first-order chi connectivity index (χ1) is 15.2. The molecule has 5 atom stereocenters. The SMILES string of the molecule is COC(C)(c1ccc(NC2NN([C@@H](CC#N)C3CC3)C3CCNC(=O)C23)cc1)C(F)(F)F. The molecule has 10 heteroatoms. The maximum atomic E-state index is 13.5. The maximum Gasteiger partial charge on any atom is 0.421 e. The van der Waals surface area contributed by atoms with Gasteiger partial charge in [-0.15, -0.1) is 0 Å². The van der Waals surface area contributed by atoms with Gasteiger partial charge in [0.2, 0.25) is 5.91 Å². The second-order valence-electron chi connectivity index (χ2n) is 8.91. The number of fused-ring (bicyclic) bond motifs is 1. The topological polar surface area (TPSA) is 89.4 Å². The lowest BCUT2D eigenvalue weighted by molar-refractivity contribution is -0.269. The molecule has 1 aromatic carbocycles. The smallest absolute Gasteiger partial charge is 0.368 e. The molecular weight excluding hydrogens is 423 g/mol. The zero-order chi connectivity index (χ0) is 23.1. The first-order valence-electron chi connectivity index (χ1n) is 10.9. The molecule has 1 amide bonds. The number of halogens is 3. The molecule has 7 nitrogen and oxygen atoms in total. The molecule has 0 bridgehead atoms. The van der Waals surface area contributed by atoms with Gasteiger partial charge in [0.05, 0.1) is 18.4 Å². The number of ether oxygens (including phenoxy) is 1. The van der Waals surface area contributed by atoms with E-state index in [2.05, 4.69) is 27.1 Å². The van der Waals surface area contributed by atoms with Crippen molar-refractivity contribution in [2.45, 2.75) is 62.6 Å². The van der Waals surface area contributed by atoms with Crippen molar-refractivity contribution in [3.8, 4) is 6.07 Å². The molecule has 32 heavy (non-hydrogen) atoms. The number of alkyl halides is 3. The fraction of sp³-hybridized carbons (Fsp3) is 0.636. The highest BCUT2D eigenvalue weighted by atomic mass is 19.4. The van der Waals surface area contributed by atoms with Crippen molar-refractivity contribution in [3.05, 3.63) is 29.8 Å². The van der Waals surface area contributed by atoms with Crippen LogP contribution in [0.2, 0.25) is 0 Å². The van der Waals surface area contributed by atoms with Crippen LogP contribution in [0.1, 0.15) is 38.2 Å². The van der Waals surface area contributed by atoms with Gasteiger partial charge in [-0.1, -0.05) is 12.1 Å². The van der Waals surface area contributed by atoms with Gasteiger partial charge in [0.1, 0.15) is 6.17 Å². The zero-order valence-electron chi connectivity index (χ0n) is 18.1. The predicted molar refractivity (Wildman–Crippen MR) is 111 cm³/mol. The third-order valence-electron chi connectivity index (χ3n) is 6.99. The number of piperidine rings is 1. The Balaban J connectivity index is 1.54. The van der Waals surface area contributed by atoms with Crippen LogP contribution in [0.15, 0.2) is 24.3 Å². The van der Waals surface area contributed by atoms with E-state index in [4.69, 9.17) is 4.74 Å². The van der Waals surface area contributed by atoms with Crippen molar-refractivity contribution in [3.63, 3.8) is 0 Å². The van der Waals surface area contributed by atoms with Crippen molar-refractivity contribution in [1.82, 2.24) is 15.8 Å². The Bertz CT molecular complexity index is 883. The van der Waals surface area contributed by atoms with Crippen LogP contribution in [0, 0.1) is 23.2 Å². The molecule has 0 spiro atoms. The second kappa shape index (κ2) is 8.54. The van der Waals surface area contributed by atoms with Crippen LogP contribution < -0.4 is 16.1 Å². The van der Waals surface area contributed by atoms with E-state index in [0.717, 1.165) is 33.3 Å². The van der Waals surface area contributed by atoms with E-state index in [1.807, 2.05) is 0 Å². The van der Waals surface area contributed by atoms with Crippen molar-refractivity contribution < 1.29 is 22.7 Å². The fourth-order valence-electron chi connectivity index (χ4n) is 4.83. The lowest BCUT2D eigenvalue weighted by atomic mass is 9.90. The third kappa shape index (κ3) is 4.05. The number of nitrogens with one attached hydrogen (secondary N) is 3. The highest BCUT2D eigenvalue weighted by Crippen LogP contribution is 2.43. The van der Waals surface area contributed by atoms with Crippen LogP contribution in [0.25, 0.3) is 0 Å². The van der Waals surface area contributed by atoms with Crippen LogP contribution in [0.5, 0.6) is 0 Å². The molecule has 174 valence electrons. The minimum Gasteiger partial charge on any atom is -0.368 e. The van der Waals surface area contributed by atoms with Crippen molar-refractivity contribution >= 4 is 11.6 Å². The van der Waals surface area contributed by atoms with Gasteiger partial charge in [-0.3, -0.25) is 4.79 Å². The molecule has 0 aromatic heterocycles. The van der Waals surface area contributed by atoms with Crippen LogP contribution >= 0.6 is 0 Å². The van der Waals surface area contributed by atoms with Gasteiger partial charge >= 0.3 is 6.18 Å². The number of rotatable bonds is 7. The Morgan fingerprint density at radius 3 is 2.53 bits per heavy atom. The number of anilines is 1. The zero-order valence-corrected chi connectivity index (χ0v) is 18.1. The minimum atomic E-state index is -4.56. The molecule has 1 aromatic rings. The Morgan fingerprint density at radius 2 is 1.97 bits per heavy atom. The summed E-state index contributed by atoms with van der Waals surface area (Å²) in [5.74, 6) is 0.00333. The van der Waals surface area contributed by atoms with Gasteiger partial charge in [0.15, 0.2) is 5.60 Å². The highest BCUT2D eigenvalue weighted by Gasteiger charge is 2.54. The number of hydrogen-bond acceptors (Lipinski definition) is 6. The number of amides is 1. The lowest BCUT2D eigenvalue weighted by Crippen LogP contribution is -2.52. The molecule has 3 aliphatic rings. The van der Waals surface area contributed by atoms with Crippen molar-refractivity contribution in [1.29, 1.82) is 5.26 Å². The number of hydrazine groups is 1. The number of methoxy groups -OCH3 is 1. The average molecular weight is 451 g/mol. The van der Waals surface area contributed by atoms with E-state index >= 15 is 0 Å². The van der Waals surface area contributed by atoms with Crippen molar-refractivity contribution in [2.24, 2.45) is 11.8 Å². The third-order valence-corrected chi connectivity index (χ3v) is 6.99. The molecule has 3 fully saturated rings. The molecule has 1 aliphatic carbocycles. The van der Waals surface area contributed by atoms with Gasteiger partial charge < -0.3 is 15.4 Å². The molecule has 4 rings (SSSR count). The van der Waals surface area contributed by atoms with Gasteiger partial charge in [-0.25, -0.2) is 10.4 Å². The molecule has 4 unspecified atom stereocenters. The summed E-state index contributed by atoms with van der Waals surface area (Å²) in [6.07, 6.45) is -1.68. The van der Waals surface area contributed by atoms with E-state index in [1.54, 1.807) is 12.1 Å². The maximum absolute atomic E-state index is 13.5. The number of carbonyl (C=O) groups excluding carboxylic acids is 1. The van der Waals surface area contributed by atoms with Gasteiger partial charge in [-0.2, -0.15) is 18.4 Å². The van der Waals surface area contributed by atoms with Gasteiger partial charge in [0.25, 0.3) is 0 Å². The normalized spacial score (nSPS) is 28.9. The first-order valence-corrected chi connectivity index (χ1v) is 10.9. The number of benzene rings is 1. The highest BCUT2D eigenvalue weighted by molar-refractivity contribution is 5.82. The number of nitriles is 1. The molecular formula is C22H28F3N5O2. The lowest BCUT2D eigenvalue weighted by Gasteiger charge is -2.34. The first kappa shape index (κ1) is 22.8. The Kier molecular flexibility index (Phi) is 6.09. The fourth-order valence-corrected chi connectivity index (χ4v) is 4.83. The van der Waals surface area contributed by atoms with E-state index in [-0.39, 0.29) is 29.5 Å². The van der Waals surface area contributed by atoms with Crippen LogP contribution in [-0.4, -0.2) is 49.0 Å². The van der Waals surface area contributed by atoms with E-state index < -0.39 is 17.9 Å². The molecule has 3 N–H and O–H groups in total. The van der Waals surface area contributed by atoms with Crippen LogP contribution in [-0.2, 0) is 15.1 Å². The number of hydrogen-bond donors (Lipinski definition) is 3.